The van der Waals surface area contributed by atoms with E-state index in [1.807, 2.05) is 0 Å². The number of para-hydroxylation sites is 2. The van der Waals surface area contributed by atoms with E-state index in [1.54, 1.807) is 0 Å². The fourth-order valence-corrected chi connectivity index (χ4v) is 7.29. The molecule has 3 heteroatoms. The van der Waals surface area contributed by atoms with Crippen molar-refractivity contribution in [2.45, 2.75) is 0 Å². The highest BCUT2D eigenvalue weighted by molar-refractivity contribution is 6.25. The summed E-state index contributed by atoms with van der Waals surface area (Å²) in [6, 6.07) is 54.3. The van der Waals surface area contributed by atoms with Crippen molar-refractivity contribution in [1.29, 1.82) is 0 Å². The number of hydrogen-bond acceptors (Lipinski definition) is 2. The second-order valence-corrected chi connectivity index (χ2v) is 11.8. The molecule has 0 bridgehead atoms. The molecule has 0 unspecified atom stereocenters. The van der Waals surface area contributed by atoms with Crippen LogP contribution >= 0.6 is 0 Å². The Morgan fingerprint density at radius 3 is 1.64 bits per heavy atom. The van der Waals surface area contributed by atoms with Crippen molar-refractivity contribution in [2.24, 2.45) is 0 Å². The standard InChI is InChI=1S/C42H25N3/c1-2-12-27-25-40-37(23-26(27)11-1)34-17-8-10-20-39(34)45(40)42-35-18-7-9-19-38(35)43-41(44-42)28-21-22-33-31-15-4-3-13-29(31)30-14-5-6-16-32(30)36(33)24-28/h1-25H. The molecular weight excluding hydrogens is 546 g/mol. The summed E-state index contributed by atoms with van der Waals surface area (Å²) in [5.74, 6) is 1.61. The lowest BCUT2D eigenvalue weighted by atomic mass is 9.93. The molecule has 208 valence electrons. The molecule has 0 aliphatic heterocycles. The van der Waals surface area contributed by atoms with Gasteiger partial charge in [-0.15, -0.1) is 0 Å². The lowest BCUT2D eigenvalue weighted by Gasteiger charge is -2.14. The van der Waals surface area contributed by atoms with Gasteiger partial charge in [0, 0.05) is 21.7 Å². The molecule has 0 aliphatic carbocycles. The number of benzene rings is 8. The molecule has 0 spiro atoms. The molecule has 0 N–H and O–H groups in total. The SMILES string of the molecule is c1ccc2cc3c(cc2c1)c1ccccc1n3-c1nc(-c2ccc3c4ccccc4c4ccccc4c3c2)nc2ccccc12. The Morgan fingerprint density at radius 2 is 0.911 bits per heavy atom. The zero-order valence-electron chi connectivity index (χ0n) is 24.3. The van der Waals surface area contributed by atoms with Crippen LogP contribution in [0.3, 0.4) is 0 Å². The largest absolute Gasteiger partial charge is 0.293 e. The monoisotopic (exact) mass is 571 g/mol. The molecule has 0 amide bonds. The van der Waals surface area contributed by atoms with Crippen molar-refractivity contribution < 1.29 is 0 Å². The summed E-state index contributed by atoms with van der Waals surface area (Å²) in [5.41, 5.74) is 4.20. The van der Waals surface area contributed by atoms with Crippen molar-refractivity contribution in [2.75, 3.05) is 0 Å². The predicted molar refractivity (Wildman–Crippen MR) is 189 cm³/mol. The first kappa shape index (κ1) is 24.4. The van der Waals surface area contributed by atoms with Crippen molar-refractivity contribution >= 4 is 75.8 Å². The van der Waals surface area contributed by atoms with E-state index in [1.165, 1.54) is 53.9 Å². The quantitative estimate of drug-likeness (QED) is 0.193. The van der Waals surface area contributed by atoms with E-state index in [9.17, 15) is 0 Å². The molecule has 0 atom stereocenters. The summed E-state index contributed by atoms with van der Waals surface area (Å²) in [7, 11) is 0. The van der Waals surface area contributed by atoms with E-state index in [-0.39, 0.29) is 0 Å². The number of hydrogen-bond donors (Lipinski definition) is 0. The van der Waals surface area contributed by atoms with Gasteiger partial charge in [-0.3, -0.25) is 4.57 Å². The maximum Gasteiger partial charge on any atom is 0.162 e. The summed E-state index contributed by atoms with van der Waals surface area (Å²) in [5, 5.41) is 13.4. The minimum Gasteiger partial charge on any atom is -0.293 e. The van der Waals surface area contributed by atoms with Crippen LogP contribution in [0.4, 0.5) is 0 Å². The summed E-state index contributed by atoms with van der Waals surface area (Å²) in [6.07, 6.45) is 0. The van der Waals surface area contributed by atoms with Crippen molar-refractivity contribution in [3.63, 3.8) is 0 Å². The third kappa shape index (κ3) is 3.52. The van der Waals surface area contributed by atoms with E-state index in [2.05, 4.69) is 156 Å². The molecule has 0 aliphatic rings. The van der Waals surface area contributed by atoms with Crippen molar-refractivity contribution in [3.8, 4) is 17.2 Å². The number of aromatic nitrogens is 3. The van der Waals surface area contributed by atoms with Crippen LogP contribution in [0.15, 0.2) is 152 Å². The van der Waals surface area contributed by atoms with E-state index in [0.717, 1.165) is 39.1 Å². The third-order valence-corrected chi connectivity index (χ3v) is 9.34. The molecule has 0 radical (unpaired) electrons. The second-order valence-electron chi connectivity index (χ2n) is 11.8. The summed E-state index contributed by atoms with van der Waals surface area (Å²) < 4.78 is 2.33. The first-order chi connectivity index (χ1) is 22.3. The van der Waals surface area contributed by atoms with Crippen LogP contribution in [0.25, 0.3) is 93.0 Å². The van der Waals surface area contributed by atoms with Gasteiger partial charge in [-0.25, -0.2) is 9.97 Å². The fraction of sp³-hybridized carbons (Fsp3) is 0. The average molecular weight is 572 g/mol. The molecule has 8 aromatic carbocycles. The smallest absolute Gasteiger partial charge is 0.162 e. The third-order valence-electron chi connectivity index (χ3n) is 9.34. The number of rotatable bonds is 2. The molecular formula is C42H25N3. The normalized spacial score (nSPS) is 12.0. The topological polar surface area (TPSA) is 30.7 Å². The maximum absolute atomic E-state index is 5.39. The van der Waals surface area contributed by atoms with Gasteiger partial charge >= 0.3 is 0 Å². The molecule has 0 fully saturated rings. The first-order valence-electron chi connectivity index (χ1n) is 15.3. The molecule has 10 rings (SSSR count). The van der Waals surface area contributed by atoms with Crippen LogP contribution < -0.4 is 0 Å². The van der Waals surface area contributed by atoms with E-state index < -0.39 is 0 Å². The Balaban J connectivity index is 1.30. The maximum atomic E-state index is 5.39. The zero-order valence-corrected chi connectivity index (χ0v) is 24.3. The van der Waals surface area contributed by atoms with Crippen LogP contribution in [-0.2, 0) is 0 Å². The van der Waals surface area contributed by atoms with Crippen LogP contribution in [0.5, 0.6) is 0 Å². The van der Waals surface area contributed by atoms with Crippen LogP contribution in [0.1, 0.15) is 0 Å². The lowest BCUT2D eigenvalue weighted by Crippen LogP contribution is -2.02. The Morgan fingerprint density at radius 1 is 0.356 bits per heavy atom. The summed E-state index contributed by atoms with van der Waals surface area (Å²) >= 11 is 0. The van der Waals surface area contributed by atoms with Gasteiger partial charge in [-0.1, -0.05) is 115 Å². The average Bonchev–Trinajstić information content (AvgIpc) is 3.43. The first-order valence-corrected chi connectivity index (χ1v) is 15.3. The van der Waals surface area contributed by atoms with Crippen molar-refractivity contribution in [1.82, 2.24) is 14.5 Å². The minimum atomic E-state index is 0.717. The molecule has 0 saturated carbocycles. The van der Waals surface area contributed by atoms with Crippen LogP contribution in [0, 0.1) is 0 Å². The van der Waals surface area contributed by atoms with Gasteiger partial charge in [0.15, 0.2) is 5.82 Å². The highest BCUT2D eigenvalue weighted by Crippen LogP contribution is 2.39. The minimum absolute atomic E-state index is 0.717. The molecule has 0 saturated heterocycles. The van der Waals surface area contributed by atoms with Gasteiger partial charge < -0.3 is 0 Å². The molecule has 2 aromatic heterocycles. The van der Waals surface area contributed by atoms with Gasteiger partial charge in [0.05, 0.1) is 16.6 Å². The van der Waals surface area contributed by atoms with E-state index in [0.29, 0.717) is 0 Å². The van der Waals surface area contributed by atoms with Gasteiger partial charge in [-0.05, 0) is 79.5 Å². The summed E-state index contributed by atoms with van der Waals surface area (Å²) in [6.45, 7) is 0. The lowest BCUT2D eigenvalue weighted by molar-refractivity contribution is 1.08. The Hall–Kier alpha value is -6.06. The van der Waals surface area contributed by atoms with Crippen LogP contribution in [-0.4, -0.2) is 14.5 Å². The van der Waals surface area contributed by atoms with Crippen LogP contribution in [0.2, 0.25) is 0 Å². The van der Waals surface area contributed by atoms with Gasteiger partial charge in [-0.2, -0.15) is 0 Å². The fourth-order valence-electron chi connectivity index (χ4n) is 7.29. The Kier molecular flexibility index (Phi) is 5.00. The summed E-state index contributed by atoms with van der Waals surface area (Å²) in [4.78, 5) is 10.5. The van der Waals surface area contributed by atoms with Gasteiger partial charge in [0.1, 0.15) is 5.82 Å². The highest BCUT2D eigenvalue weighted by atomic mass is 15.1. The molecule has 2 heterocycles. The van der Waals surface area contributed by atoms with E-state index in [4.69, 9.17) is 9.97 Å². The Labute approximate surface area is 258 Å². The zero-order chi connectivity index (χ0) is 29.5. The second kappa shape index (κ2) is 9.22. The molecule has 3 nitrogen and oxygen atoms in total. The number of fused-ring (bicyclic) bond motifs is 11. The predicted octanol–water partition coefficient (Wildman–Crippen LogP) is 11.0. The van der Waals surface area contributed by atoms with E-state index >= 15 is 0 Å². The Bertz CT molecular complexity index is 2790. The number of nitrogens with zero attached hydrogens (tertiary/aromatic N) is 3. The van der Waals surface area contributed by atoms with Gasteiger partial charge in [0.2, 0.25) is 0 Å². The molecule has 45 heavy (non-hydrogen) atoms. The van der Waals surface area contributed by atoms with Crippen molar-refractivity contribution in [3.05, 3.63) is 152 Å². The molecule has 10 aromatic rings. The van der Waals surface area contributed by atoms with Gasteiger partial charge in [0.25, 0.3) is 0 Å². The highest BCUT2D eigenvalue weighted by Gasteiger charge is 2.19.